The van der Waals surface area contributed by atoms with Crippen LogP contribution in [0.4, 0.5) is 0 Å². The summed E-state index contributed by atoms with van der Waals surface area (Å²) in [6.07, 6.45) is 0. The van der Waals surface area contributed by atoms with Crippen LogP contribution in [0.25, 0.3) is 0 Å². The van der Waals surface area contributed by atoms with E-state index >= 15 is 0 Å². The van der Waals surface area contributed by atoms with Gasteiger partial charge in [-0.25, -0.2) is 0 Å². The summed E-state index contributed by atoms with van der Waals surface area (Å²) >= 11 is 0. The van der Waals surface area contributed by atoms with Gasteiger partial charge >= 0.3 is 5.97 Å². The van der Waals surface area contributed by atoms with Crippen LogP contribution in [0.1, 0.15) is 37.9 Å². The van der Waals surface area contributed by atoms with Gasteiger partial charge in [-0.3, -0.25) is 10.1 Å². The monoisotopic (exact) mass is 235 g/mol. The smallest absolute Gasteiger partial charge is 0.322 e. The molecule has 0 saturated carbocycles. The Morgan fingerprint density at radius 3 is 2.41 bits per heavy atom. The number of aryl methyl sites for hydroxylation is 1. The standard InChI is InChI=1S/C14H21NO2/c1-5-17-14(16)12(4)15-11(3)13-8-6-10(2)7-9-13/h6-9,11-12,15H,5H2,1-4H3/t11-,12?/m0/s1. The molecular weight excluding hydrogens is 214 g/mol. The fourth-order valence-electron chi connectivity index (χ4n) is 1.66. The average Bonchev–Trinajstić information content (AvgIpc) is 2.30. The van der Waals surface area contributed by atoms with Gasteiger partial charge in [0.1, 0.15) is 6.04 Å². The molecule has 0 amide bonds. The normalized spacial score (nSPS) is 14.1. The summed E-state index contributed by atoms with van der Waals surface area (Å²) in [5, 5.41) is 3.23. The first-order chi connectivity index (χ1) is 8.04. The third-order valence-corrected chi connectivity index (χ3v) is 2.72. The first-order valence-electron chi connectivity index (χ1n) is 6.03. The van der Waals surface area contributed by atoms with Gasteiger partial charge < -0.3 is 4.74 Å². The molecule has 0 saturated heterocycles. The zero-order valence-electron chi connectivity index (χ0n) is 11.0. The number of carbonyl (C=O) groups is 1. The first-order valence-corrected chi connectivity index (χ1v) is 6.03. The predicted octanol–water partition coefficient (Wildman–Crippen LogP) is 2.60. The topological polar surface area (TPSA) is 38.3 Å². The minimum Gasteiger partial charge on any atom is -0.465 e. The summed E-state index contributed by atoms with van der Waals surface area (Å²) in [6.45, 7) is 8.16. The largest absolute Gasteiger partial charge is 0.465 e. The fourth-order valence-corrected chi connectivity index (χ4v) is 1.66. The molecule has 0 fully saturated rings. The number of hydrogen-bond acceptors (Lipinski definition) is 3. The molecule has 94 valence electrons. The van der Waals surface area contributed by atoms with Crippen LogP contribution in [0, 0.1) is 6.92 Å². The Morgan fingerprint density at radius 1 is 1.29 bits per heavy atom. The minimum absolute atomic E-state index is 0.134. The summed E-state index contributed by atoms with van der Waals surface area (Å²) in [4.78, 5) is 11.5. The van der Waals surface area contributed by atoms with Gasteiger partial charge in [0.2, 0.25) is 0 Å². The maximum absolute atomic E-state index is 11.5. The Labute approximate surface area is 103 Å². The Kier molecular flexibility index (Phi) is 5.16. The lowest BCUT2D eigenvalue weighted by Gasteiger charge is -2.19. The molecule has 1 aromatic carbocycles. The van der Waals surface area contributed by atoms with Crippen molar-refractivity contribution in [3.63, 3.8) is 0 Å². The highest BCUT2D eigenvalue weighted by molar-refractivity contribution is 5.75. The number of esters is 1. The van der Waals surface area contributed by atoms with E-state index in [1.165, 1.54) is 11.1 Å². The maximum Gasteiger partial charge on any atom is 0.322 e. The van der Waals surface area contributed by atoms with Crippen LogP contribution < -0.4 is 5.32 Å². The van der Waals surface area contributed by atoms with Crippen molar-refractivity contribution < 1.29 is 9.53 Å². The number of carbonyl (C=O) groups excluding carboxylic acids is 1. The highest BCUT2D eigenvalue weighted by Gasteiger charge is 2.16. The van der Waals surface area contributed by atoms with E-state index in [4.69, 9.17) is 4.74 Å². The number of ether oxygens (including phenoxy) is 1. The molecule has 3 heteroatoms. The number of benzene rings is 1. The lowest BCUT2D eigenvalue weighted by molar-refractivity contribution is -0.145. The van der Waals surface area contributed by atoms with Gasteiger partial charge in [0.05, 0.1) is 6.61 Å². The van der Waals surface area contributed by atoms with E-state index in [2.05, 4.69) is 36.5 Å². The van der Waals surface area contributed by atoms with Crippen LogP contribution >= 0.6 is 0 Å². The van der Waals surface area contributed by atoms with Crippen LogP contribution in [0.5, 0.6) is 0 Å². The van der Waals surface area contributed by atoms with Gasteiger partial charge in [-0.05, 0) is 33.3 Å². The molecule has 1 rings (SSSR count). The lowest BCUT2D eigenvalue weighted by Crippen LogP contribution is -2.37. The molecular formula is C14H21NO2. The number of hydrogen-bond donors (Lipinski definition) is 1. The lowest BCUT2D eigenvalue weighted by atomic mass is 10.1. The van der Waals surface area contributed by atoms with E-state index in [9.17, 15) is 4.79 Å². The molecule has 0 aliphatic rings. The van der Waals surface area contributed by atoms with E-state index < -0.39 is 0 Å². The van der Waals surface area contributed by atoms with Crippen molar-refractivity contribution in [3.8, 4) is 0 Å². The van der Waals surface area contributed by atoms with Gasteiger partial charge in [0, 0.05) is 6.04 Å². The Balaban J connectivity index is 2.56. The minimum atomic E-state index is -0.286. The summed E-state index contributed by atoms with van der Waals surface area (Å²) in [7, 11) is 0. The van der Waals surface area contributed by atoms with E-state index in [0.717, 1.165) is 0 Å². The van der Waals surface area contributed by atoms with Crippen LogP contribution in [0.15, 0.2) is 24.3 Å². The van der Waals surface area contributed by atoms with Crippen molar-refractivity contribution in [1.29, 1.82) is 0 Å². The highest BCUT2D eigenvalue weighted by Crippen LogP contribution is 2.13. The van der Waals surface area contributed by atoms with Crippen LogP contribution in [0.2, 0.25) is 0 Å². The maximum atomic E-state index is 11.5. The molecule has 0 spiro atoms. The molecule has 0 aromatic heterocycles. The molecule has 1 unspecified atom stereocenters. The molecule has 0 heterocycles. The van der Waals surface area contributed by atoms with E-state index in [1.807, 2.05) is 20.8 Å². The van der Waals surface area contributed by atoms with Crippen LogP contribution in [-0.4, -0.2) is 18.6 Å². The second-order valence-corrected chi connectivity index (χ2v) is 4.27. The molecule has 2 atom stereocenters. The van der Waals surface area contributed by atoms with Gasteiger partial charge in [-0.2, -0.15) is 0 Å². The number of rotatable bonds is 5. The first kappa shape index (κ1) is 13.7. The van der Waals surface area contributed by atoms with Crippen molar-refractivity contribution in [2.45, 2.75) is 39.8 Å². The van der Waals surface area contributed by atoms with Gasteiger partial charge in [-0.1, -0.05) is 29.8 Å². The molecule has 1 N–H and O–H groups in total. The fraction of sp³-hybridized carbons (Fsp3) is 0.500. The van der Waals surface area contributed by atoms with Crippen LogP contribution in [-0.2, 0) is 9.53 Å². The van der Waals surface area contributed by atoms with Gasteiger partial charge in [0.15, 0.2) is 0 Å². The Bertz CT molecular complexity index is 359. The molecule has 0 radical (unpaired) electrons. The average molecular weight is 235 g/mol. The van der Waals surface area contributed by atoms with Crippen molar-refractivity contribution in [2.24, 2.45) is 0 Å². The third-order valence-electron chi connectivity index (χ3n) is 2.72. The molecule has 0 aliphatic carbocycles. The summed E-state index contributed by atoms with van der Waals surface area (Å²) in [6, 6.07) is 8.14. The summed E-state index contributed by atoms with van der Waals surface area (Å²) < 4.78 is 4.96. The van der Waals surface area contributed by atoms with Crippen LogP contribution in [0.3, 0.4) is 0 Å². The highest BCUT2D eigenvalue weighted by atomic mass is 16.5. The van der Waals surface area contributed by atoms with Gasteiger partial charge in [0.25, 0.3) is 0 Å². The Hall–Kier alpha value is -1.35. The third kappa shape index (κ3) is 4.19. The summed E-state index contributed by atoms with van der Waals surface area (Å²) in [5.41, 5.74) is 2.41. The zero-order chi connectivity index (χ0) is 12.8. The Morgan fingerprint density at radius 2 is 1.88 bits per heavy atom. The zero-order valence-corrected chi connectivity index (χ0v) is 11.0. The van der Waals surface area contributed by atoms with E-state index in [-0.39, 0.29) is 18.1 Å². The van der Waals surface area contributed by atoms with E-state index in [1.54, 1.807) is 0 Å². The van der Waals surface area contributed by atoms with Crippen molar-refractivity contribution >= 4 is 5.97 Å². The van der Waals surface area contributed by atoms with Crippen molar-refractivity contribution in [1.82, 2.24) is 5.32 Å². The van der Waals surface area contributed by atoms with Gasteiger partial charge in [-0.15, -0.1) is 0 Å². The second kappa shape index (κ2) is 6.40. The molecule has 0 aliphatic heterocycles. The van der Waals surface area contributed by atoms with Crippen molar-refractivity contribution in [2.75, 3.05) is 6.61 Å². The molecule has 1 aromatic rings. The number of nitrogens with one attached hydrogen (secondary N) is 1. The molecule has 17 heavy (non-hydrogen) atoms. The SMILES string of the molecule is CCOC(=O)C(C)N[C@@H](C)c1ccc(C)cc1. The molecule has 3 nitrogen and oxygen atoms in total. The summed E-state index contributed by atoms with van der Waals surface area (Å²) in [5.74, 6) is -0.202. The molecule has 0 bridgehead atoms. The van der Waals surface area contributed by atoms with Crippen molar-refractivity contribution in [3.05, 3.63) is 35.4 Å². The van der Waals surface area contributed by atoms with E-state index in [0.29, 0.717) is 6.61 Å². The second-order valence-electron chi connectivity index (χ2n) is 4.27. The predicted molar refractivity (Wildman–Crippen MR) is 68.8 cm³/mol. The quantitative estimate of drug-likeness (QED) is 0.797.